The minimum Gasteiger partial charge on any atom is -0.352 e. The van der Waals surface area contributed by atoms with E-state index in [-0.39, 0.29) is 5.91 Å². The van der Waals surface area contributed by atoms with Gasteiger partial charge in [-0.2, -0.15) is 10.2 Å². The van der Waals surface area contributed by atoms with Gasteiger partial charge in [-0.25, -0.2) is 4.98 Å². The molecule has 2 rings (SSSR count). The topological polar surface area (TPSA) is 88.5 Å². The van der Waals surface area contributed by atoms with Gasteiger partial charge in [-0.15, -0.1) is 0 Å². The summed E-state index contributed by atoms with van der Waals surface area (Å²) in [6.45, 7) is 2.60. The standard InChI is InChI=1S/C12H18N6O/c1-3-10-9(7-18(2)17-10)12(19)13-6-4-5-11-14-8-15-16-11/h7-8H,3-6H2,1-2H3,(H,13,19)(H,14,15,16). The van der Waals surface area contributed by atoms with Crippen LogP contribution in [0.25, 0.3) is 0 Å². The number of hydrogen-bond acceptors (Lipinski definition) is 4. The molecule has 0 atom stereocenters. The van der Waals surface area contributed by atoms with E-state index >= 15 is 0 Å². The van der Waals surface area contributed by atoms with Gasteiger partial charge in [0, 0.05) is 26.2 Å². The van der Waals surface area contributed by atoms with Gasteiger partial charge in [0.05, 0.1) is 11.3 Å². The number of aryl methyl sites for hydroxylation is 3. The fourth-order valence-electron chi connectivity index (χ4n) is 1.89. The van der Waals surface area contributed by atoms with Crippen LogP contribution in [0.1, 0.15) is 35.2 Å². The zero-order valence-electron chi connectivity index (χ0n) is 11.2. The van der Waals surface area contributed by atoms with Gasteiger partial charge in [0.2, 0.25) is 0 Å². The lowest BCUT2D eigenvalue weighted by molar-refractivity contribution is 0.0952. The van der Waals surface area contributed by atoms with Gasteiger partial charge in [0.25, 0.3) is 5.91 Å². The average molecular weight is 262 g/mol. The second-order valence-corrected chi connectivity index (χ2v) is 4.31. The second kappa shape index (κ2) is 6.12. The fraction of sp³-hybridized carbons (Fsp3) is 0.500. The third kappa shape index (κ3) is 3.40. The highest BCUT2D eigenvalue weighted by molar-refractivity contribution is 5.95. The van der Waals surface area contributed by atoms with E-state index in [0.29, 0.717) is 12.1 Å². The quantitative estimate of drug-likeness (QED) is 0.740. The molecular weight excluding hydrogens is 244 g/mol. The first-order valence-electron chi connectivity index (χ1n) is 6.35. The first-order valence-corrected chi connectivity index (χ1v) is 6.35. The number of amides is 1. The van der Waals surface area contributed by atoms with E-state index in [4.69, 9.17) is 0 Å². The van der Waals surface area contributed by atoms with Crippen molar-refractivity contribution >= 4 is 5.91 Å². The van der Waals surface area contributed by atoms with E-state index in [1.54, 1.807) is 10.9 Å². The summed E-state index contributed by atoms with van der Waals surface area (Å²) in [7, 11) is 1.82. The number of aromatic amines is 1. The lowest BCUT2D eigenvalue weighted by Crippen LogP contribution is -2.25. The third-order valence-corrected chi connectivity index (χ3v) is 2.83. The maximum absolute atomic E-state index is 12.0. The van der Waals surface area contributed by atoms with E-state index in [1.807, 2.05) is 14.0 Å². The van der Waals surface area contributed by atoms with E-state index in [0.717, 1.165) is 30.8 Å². The largest absolute Gasteiger partial charge is 0.352 e. The number of nitrogens with zero attached hydrogens (tertiary/aromatic N) is 4. The van der Waals surface area contributed by atoms with Crippen molar-refractivity contribution in [1.29, 1.82) is 0 Å². The van der Waals surface area contributed by atoms with Crippen LogP contribution < -0.4 is 5.32 Å². The first kappa shape index (κ1) is 13.3. The maximum atomic E-state index is 12.0. The zero-order chi connectivity index (χ0) is 13.7. The Hall–Kier alpha value is -2.18. The molecular formula is C12H18N6O. The van der Waals surface area contributed by atoms with Gasteiger partial charge in [0.1, 0.15) is 12.2 Å². The summed E-state index contributed by atoms with van der Waals surface area (Å²) in [5, 5.41) is 13.7. The van der Waals surface area contributed by atoms with Crippen LogP contribution in [0.3, 0.4) is 0 Å². The number of hydrogen-bond donors (Lipinski definition) is 2. The molecule has 0 fully saturated rings. The molecule has 0 aliphatic heterocycles. The Kier molecular flexibility index (Phi) is 4.27. The smallest absolute Gasteiger partial charge is 0.254 e. The minimum atomic E-state index is -0.0671. The molecule has 0 aliphatic carbocycles. The number of H-pyrrole nitrogens is 1. The Labute approximate surface area is 111 Å². The van der Waals surface area contributed by atoms with Crippen LogP contribution in [-0.2, 0) is 19.9 Å². The predicted molar refractivity (Wildman–Crippen MR) is 69.6 cm³/mol. The lowest BCUT2D eigenvalue weighted by atomic mass is 10.2. The van der Waals surface area contributed by atoms with Gasteiger partial charge in [-0.1, -0.05) is 6.92 Å². The molecule has 0 bridgehead atoms. The molecule has 102 valence electrons. The molecule has 0 aliphatic rings. The van der Waals surface area contributed by atoms with Crippen molar-refractivity contribution < 1.29 is 4.79 Å². The molecule has 0 radical (unpaired) electrons. The summed E-state index contributed by atoms with van der Waals surface area (Å²) in [5.74, 6) is 0.771. The number of aromatic nitrogens is 5. The Morgan fingerprint density at radius 2 is 2.37 bits per heavy atom. The summed E-state index contributed by atoms with van der Waals surface area (Å²) in [6.07, 6.45) is 5.58. The molecule has 2 heterocycles. The number of carbonyl (C=O) groups excluding carboxylic acids is 1. The maximum Gasteiger partial charge on any atom is 0.254 e. The van der Waals surface area contributed by atoms with Crippen molar-refractivity contribution in [3.05, 3.63) is 29.6 Å². The number of rotatable bonds is 6. The molecule has 2 aromatic heterocycles. The predicted octanol–water partition coefficient (Wildman–Crippen LogP) is 0.463. The van der Waals surface area contributed by atoms with Crippen LogP contribution in [0.2, 0.25) is 0 Å². The molecule has 7 nitrogen and oxygen atoms in total. The molecule has 0 saturated heterocycles. The summed E-state index contributed by atoms with van der Waals surface area (Å²) < 4.78 is 1.67. The van der Waals surface area contributed by atoms with Crippen molar-refractivity contribution in [1.82, 2.24) is 30.3 Å². The summed E-state index contributed by atoms with van der Waals surface area (Å²) in [6, 6.07) is 0. The van der Waals surface area contributed by atoms with Crippen molar-refractivity contribution in [2.45, 2.75) is 26.2 Å². The monoisotopic (exact) mass is 262 g/mol. The SMILES string of the molecule is CCc1nn(C)cc1C(=O)NCCCc1ncn[nH]1. The lowest BCUT2D eigenvalue weighted by Gasteiger charge is -2.03. The van der Waals surface area contributed by atoms with Crippen molar-refractivity contribution in [3.8, 4) is 0 Å². The minimum absolute atomic E-state index is 0.0671. The first-order chi connectivity index (χ1) is 9.20. The number of nitrogens with one attached hydrogen (secondary N) is 2. The molecule has 0 spiro atoms. The Bertz CT molecular complexity index is 530. The van der Waals surface area contributed by atoms with Gasteiger partial charge < -0.3 is 5.32 Å². The van der Waals surface area contributed by atoms with Gasteiger partial charge >= 0.3 is 0 Å². The Morgan fingerprint density at radius 1 is 1.53 bits per heavy atom. The van der Waals surface area contributed by atoms with Crippen molar-refractivity contribution in [2.24, 2.45) is 7.05 Å². The van der Waals surface area contributed by atoms with E-state index in [2.05, 4.69) is 25.6 Å². The molecule has 0 unspecified atom stereocenters. The number of carbonyl (C=O) groups is 1. The third-order valence-electron chi connectivity index (χ3n) is 2.83. The van der Waals surface area contributed by atoms with Crippen LogP contribution in [-0.4, -0.2) is 37.4 Å². The van der Waals surface area contributed by atoms with Crippen molar-refractivity contribution in [2.75, 3.05) is 6.54 Å². The highest BCUT2D eigenvalue weighted by atomic mass is 16.1. The molecule has 0 aromatic carbocycles. The second-order valence-electron chi connectivity index (χ2n) is 4.31. The van der Waals surface area contributed by atoms with Crippen LogP contribution in [0, 0.1) is 0 Å². The normalized spacial score (nSPS) is 10.6. The fourth-order valence-corrected chi connectivity index (χ4v) is 1.89. The highest BCUT2D eigenvalue weighted by Crippen LogP contribution is 2.06. The average Bonchev–Trinajstić information content (AvgIpc) is 3.03. The van der Waals surface area contributed by atoms with E-state index < -0.39 is 0 Å². The van der Waals surface area contributed by atoms with Gasteiger partial charge in [-0.05, 0) is 12.8 Å². The summed E-state index contributed by atoms with van der Waals surface area (Å²) in [5.41, 5.74) is 1.49. The molecule has 1 amide bonds. The molecule has 0 saturated carbocycles. The van der Waals surface area contributed by atoms with Crippen LogP contribution in [0.4, 0.5) is 0 Å². The van der Waals surface area contributed by atoms with Gasteiger partial charge in [0.15, 0.2) is 0 Å². The molecule has 2 N–H and O–H groups in total. The van der Waals surface area contributed by atoms with Crippen LogP contribution >= 0.6 is 0 Å². The summed E-state index contributed by atoms with van der Waals surface area (Å²) >= 11 is 0. The van der Waals surface area contributed by atoms with Crippen molar-refractivity contribution in [3.63, 3.8) is 0 Å². The molecule has 2 aromatic rings. The zero-order valence-corrected chi connectivity index (χ0v) is 11.2. The van der Waals surface area contributed by atoms with Crippen LogP contribution in [0.15, 0.2) is 12.5 Å². The Balaban J connectivity index is 1.80. The highest BCUT2D eigenvalue weighted by Gasteiger charge is 2.13. The van der Waals surface area contributed by atoms with Gasteiger partial charge in [-0.3, -0.25) is 14.6 Å². The van der Waals surface area contributed by atoms with Crippen LogP contribution in [0.5, 0.6) is 0 Å². The summed E-state index contributed by atoms with van der Waals surface area (Å²) in [4.78, 5) is 16.0. The van der Waals surface area contributed by atoms with E-state index in [1.165, 1.54) is 6.33 Å². The Morgan fingerprint density at radius 3 is 3.05 bits per heavy atom. The van der Waals surface area contributed by atoms with E-state index in [9.17, 15) is 4.79 Å². The molecule has 7 heteroatoms. The molecule has 19 heavy (non-hydrogen) atoms.